The van der Waals surface area contributed by atoms with Crippen molar-refractivity contribution < 1.29 is 15.0 Å². The summed E-state index contributed by atoms with van der Waals surface area (Å²) in [6, 6.07) is 0. The predicted molar refractivity (Wildman–Crippen MR) is 109 cm³/mol. The fourth-order valence-electron chi connectivity index (χ4n) is 2.74. The van der Waals surface area contributed by atoms with Crippen LogP contribution in [0.5, 0.6) is 0 Å². The van der Waals surface area contributed by atoms with Crippen molar-refractivity contribution in [2.75, 3.05) is 6.61 Å². The van der Waals surface area contributed by atoms with Crippen LogP contribution in [0.3, 0.4) is 0 Å². The molecular weight excluding hydrogens is 312 g/mol. The van der Waals surface area contributed by atoms with E-state index in [0.717, 1.165) is 25.7 Å². The molecule has 0 saturated heterocycles. The Hall–Kier alpha value is -0.830. The molecule has 2 N–H and O–H groups in total. The van der Waals surface area contributed by atoms with Crippen LogP contribution in [0.15, 0.2) is 12.2 Å². The molecule has 0 aromatic rings. The van der Waals surface area contributed by atoms with Crippen LogP contribution >= 0.6 is 0 Å². The summed E-state index contributed by atoms with van der Waals surface area (Å²) in [5.74, 6) is -0.0129. The number of allylic oxidation sites excluding steroid dienone is 2. The van der Waals surface area contributed by atoms with E-state index in [1.807, 2.05) is 0 Å². The van der Waals surface area contributed by atoms with E-state index in [2.05, 4.69) is 26.0 Å². The SMILES string of the molecule is CCCCCCCC/C=C\CCCCCCCC(=O)OCCCC.O. The minimum Gasteiger partial charge on any atom is -0.466 e. The molecule has 25 heavy (non-hydrogen) atoms. The molecule has 150 valence electrons. The summed E-state index contributed by atoms with van der Waals surface area (Å²) in [6.07, 6.45) is 24.1. The number of rotatable bonds is 18. The maximum Gasteiger partial charge on any atom is 0.305 e. The molecule has 0 aliphatic rings. The number of unbranched alkanes of at least 4 members (excludes halogenated alkanes) is 12. The number of carbonyl (C=O) groups excluding carboxylic acids is 1. The second-order valence-corrected chi connectivity index (χ2v) is 6.91. The Morgan fingerprint density at radius 2 is 1.16 bits per heavy atom. The largest absolute Gasteiger partial charge is 0.466 e. The van der Waals surface area contributed by atoms with E-state index in [0.29, 0.717) is 13.0 Å². The van der Waals surface area contributed by atoms with E-state index in [1.165, 1.54) is 70.6 Å². The highest BCUT2D eigenvalue weighted by Gasteiger charge is 2.01. The number of hydrogen-bond donors (Lipinski definition) is 0. The van der Waals surface area contributed by atoms with Crippen molar-refractivity contribution in [3.8, 4) is 0 Å². The Bertz CT molecular complexity index is 287. The second-order valence-electron chi connectivity index (χ2n) is 6.91. The lowest BCUT2D eigenvalue weighted by molar-refractivity contribution is -0.143. The highest BCUT2D eigenvalue weighted by molar-refractivity contribution is 5.69. The lowest BCUT2D eigenvalue weighted by Crippen LogP contribution is -2.05. The minimum absolute atomic E-state index is 0. The highest BCUT2D eigenvalue weighted by atomic mass is 16.5. The van der Waals surface area contributed by atoms with Gasteiger partial charge in [-0.25, -0.2) is 0 Å². The van der Waals surface area contributed by atoms with Gasteiger partial charge in [-0.3, -0.25) is 4.79 Å². The van der Waals surface area contributed by atoms with Crippen molar-refractivity contribution in [2.45, 2.75) is 117 Å². The highest BCUT2D eigenvalue weighted by Crippen LogP contribution is 2.10. The lowest BCUT2D eigenvalue weighted by Gasteiger charge is -2.03. The Balaban J connectivity index is 0. The molecule has 0 spiro atoms. The second kappa shape index (κ2) is 23.2. The first-order valence-corrected chi connectivity index (χ1v) is 10.6. The summed E-state index contributed by atoms with van der Waals surface area (Å²) in [5, 5.41) is 0. The molecule has 0 rings (SSSR count). The van der Waals surface area contributed by atoms with Gasteiger partial charge >= 0.3 is 5.97 Å². The summed E-state index contributed by atoms with van der Waals surface area (Å²) >= 11 is 0. The summed E-state index contributed by atoms with van der Waals surface area (Å²) in [7, 11) is 0. The Morgan fingerprint density at radius 3 is 1.72 bits per heavy atom. The molecule has 3 heteroatoms. The van der Waals surface area contributed by atoms with Crippen LogP contribution in [-0.4, -0.2) is 18.1 Å². The standard InChI is InChI=1S/C22H42O2.H2O/c1-3-5-7-8-9-10-11-12-13-14-15-16-17-18-19-20-22(23)24-21-6-4-2;/h12-13H,3-11,14-21H2,1-2H3;1H2/b13-12-;. The van der Waals surface area contributed by atoms with Gasteiger partial charge in [0.15, 0.2) is 0 Å². The lowest BCUT2D eigenvalue weighted by atomic mass is 10.1. The summed E-state index contributed by atoms with van der Waals surface area (Å²) < 4.78 is 5.15. The first kappa shape index (κ1) is 26.4. The normalized spacial score (nSPS) is 10.8. The van der Waals surface area contributed by atoms with E-state index in [-0.39, 0.29) is 11.4 Å². The van der Waals surface area contributed by atoms with Crippen LogP contribution in [0.1, 0.15) is 117 Å². The fourth-order valence-corrected chi connectivity index (χ4v) is 2.74. The topological polar surface area (TPSA) is 57.8 Å². The van der Waals surface area contributed by atoms with Crippen molar-refractivity contribution in [2.24, 2.45) is 0 Å². The average molecular weight is 357 g/mol. The van der Waals surface area contributed by atoms with Crippen molar-refractivity contribution in [3.05, 3.63) is 12.2 Å². The van der Waals surface area contributed by atoms with E-state index in [4.69, 9.17) is 4.74 Å². The van der Waals surface area contributed by atoms with Gasteiger partial charge in [0.05, 0.1) is 6.61 Å². The first-order chi connectivity index (χ1) is 11.8. The predicted octanol–water partition coefficient (Wildman–Crippen LogP) is 6.54. The van der Waals surface area contributed by atoms with Gasteiger partial charge < -0.3 is 10.2 Å². The van der Waals surface area contributed by atoms with E-state index < -0.39 is 0 Å². The molecule has 0 radical (unpaired) electrons. The minimum atomic E-state index is -0.0129. The molecule has 0 saturated carbocycles. The summed E-state index contributed by atoms with van der Waals surface area (Å²) in [5.41, 5.74) is 0. The van der Waals surface area contributed by atoms with E-state index in [1.54, 1.807) is 0 Å². The first-order valence-electron chi connectivity index (χ1n) is 10.6. The number of esters is 1. The maximum absolute atomic E-state index is 11.4. The summed E-state index contributed by atoms with van der Waals surface area (Å²) in [6.45, 7) is 4.98. The number of ether oxygens (including phenoxy) is 1. The quantitative estimate of drug-likeness (QED) is 0.159. The maximum atomic E-state index is 11.4. The van der Waals surface area contributed by atoms with Crippen molar-refractivity contribution in [3.63, 3.8) is 0 Å². The third-order valence-corrected chi connectivity index (χ3v) is 4.40. The van der Waals surface area contributed by atoms with Crippen molar-refractivity contribution in [1.29, 1.82) is 0 Å². The summed E-state index contributed by atoms with van der Waals surface area (Å²) in [4.78, 5) is 11.4. The van der Waals surface area contributed by atoms with Gasteiger partial charge in [0, 0.05) is 6.42 Å². The van der Waals surface area contributed by atoms with Gasteiger partial charge in [0.1, 0.15) is 0 Å². The van der Waals surface area contributed by atoms with Gasteiger partial charge in [-0.1, -0.05) is 83.8 Å². The molecule has 0 fully saturated rings. The Kier molecular flexibility index (Phi) is 24.5. The zero-order chi connectivity index (χ0) is 17.7. The smallest absolute Gasteiger partial charge is 0.305 e. The van der Waals surface area contributed by atoms with Crippen molar-refractivity contribution >= 4 is 5.97 Å². The molecule has 0 aliphatic carbocycles. The molecule has 0 unspecified atom stereocenters. The molecular formula is C22H44O3. The molecule has 0 atom stereocenters. The van der Waals surface area contributed by atoms with Crippen LogP contribution < -0.4 is 0 Å². The van der Waals surface area contributed by atoms with E-state index in [9.17, 15) is 4.79 Å². The third kappa shape index (κ3) is 23.2. The van der Waals surface area contributed by atoms with Gasteiger partial charge in [-0.2, -0.15) is 0 Å². The third-order valence-electron chi connectivity index (χ3n) is 4.40. The molecule has 0 aromatic carbocycles. The molecule has 0 heterocycles. The number of hydrogen-bond acceptors (Lipinski definition) is 2. The monoisotopic (exact) mass is 356 g/mol. The van der Waals surface area contributed by atoms with Gasteiger partial charge in [0.2, 0.25) is 0 Å². The molecule has 0 aliphatic heterocycles. The average Bonchev–Trinajstić information content (AvgIpc) is 2.58. The van der Waals surface area contributed by atoms with Gasteiger partial charge in [-0.15, -0.1) is 0 Å². The zero-order valence-electron chi connectivity index (χ0n) is 17.0. The molecule has 3 nitrogen and oxygen atoms in total. The Morgan fingerprint density at radius 1 is 0.680 bits per heavy atom. The fraction of sp³-hybridized carbons (Fsp3) is 0.864. The zero-order valence-corrected chi connectivity index (χ0v) is 17.0. The van der Waals surface area contributed by atoms with Gasteiger partial charge in [0.25, 0.3) is 0 Å². The molecule has 0 aromatic heterocycles. The van der Waals surface area contributed by atoms with Crippen LogP contribution in [0, 0.1) is 0 Å². The van der Waals surface area contributed by atoms with E-state index >= 15 is 0 Å². The molecule has 0 bridgehead atoms. The van der Waals surface area contributed by atoms with Crippen molar-refractivity contribution in [1.82, 2.24) is 0 Å². The van der Waals surface area contributed by atoms with Gasteiger partial charge in [-0.05, 0) is 38.5 Å². The van der Waals surface area contributed by atoms with Crippen LogP contribution in [0.25, 0.3) is 0 Å². The Labute approximate surface area is 156 Å². The van der Waals surface area contributed by atoms with Crippen LogP contribution in [0.4, 0.5) is 0 Å². The van der Waals surface area contributed by atoms with Crippen LogP contribution in [-0.2, 0) is 9.53 Å². The number of carbonyl (C=O) groups is 1. The molecule has 0 amide bonds. The van der Waals surface area contributed by atoms with Crippen LogP contribution in [0.2, 0.25) is 0 Å².